The van der Waals surface area contributed by atoms with Crippen molar-refractivity contribution in [3.63, 3.8) is 0 Å². The number of benzene rings is 1. The van der Waals surface area contributed by atoms with Crippen LogP contribution in [-0.2, 0) is 10.2 Å². The first kappa shape index (κ1) is 21.1. The quantitative estimate of drug-likeness (QED) is 0.580. The van der Waals surface area contributed by atoms with Gasteiger partial charge >= 0.3 is 6.09 Å². The van der Waals surface area contributed by atoms with Crippen LogP contribution in [0.2, 0.25) is 5.15 Å². The van der Waals surface area contributed by atoms with Crippen molar-refractivity contribution in [1.29, 1.82) is 0 Å². The lowest BCUT2D eigenvalue weighted by molar-refractivity contribution is 0.0515. The number of rotatable bonds is 5. The third-order valence-corrected chi connectivity index (χ3v) is 5.36. The number of H-pyrrole nitrogens is 1. The summed E-state index contributed by atoms with van der Waals surface area (Å²) in [6, 6.07) is 10.2. The van der Waals surface area contributed by atoms with Crippen molar-refractivity contribution in [1.82, 2.24) is 20.5 Å². The molecule has 0 saturated carbocycles. The molecular weight excluding hydrogens is 388 g/mol. The number of nitrogens with zero attached hydrogens (tertiary/aromatic N) is 2. The van der Waals surface area contributed by atoms with Gasteiger partial charge in [-0.05, 0) is 49.9 Å². The summed E-state index contributed by atoms with van der Waals surface area (Å²) in [5, 5.41) is 11.1. The van der Waals surface area contributed by atoms with Crippen LogP contribution in [0, 0.1) is 0 Å². The molecule has 1 amide bonds. The van der Waals surface area contributed by atoms with Gasteiger partial charge in [-0.2, -0.15) is 5.10 Å². The average Bonchev–Trinajstić information content (AvgIpc) is 3.06. The van der Waals surface area contributed by atoms with E-state index >= 15 is 0 Å². The number of halogens is 1. The first-order valence-corrected chi connectivity index (χ1v) is 10.1. The summed E-state index contributed by atoms with van der Waals surface area (Å²) < 4.78 is 5.38. The zero-order valence-corrected chi connectivity index (χ0v) is 18.2. The van der Waals surface area contributed by atoms with Crippen molar-refractivity contribution >= 4 is 28.7 Å². The van der Waals surface area contributed by atoms with Gasteiger partial charge < -0.3 is 10.1 Å². The summed E-state index contributed by atoms with van der Waals surface area (Å²) >= 11 is 6.30. The molecule has 0 bridgehead atoms. The number of hydrogen-bond acceptors (Lipinski definition) is 4. The molecule has 0 saturated heterocycles. The first-order chi connectivity index (χ1) is 13.6. The topological polar surface area (TPSA) is 79.9 Å². The smallest absolute Gasteiger partial charge is 0.407 e. The number of aromatic amines is 1. The fourth-order valence-corrected chi connectivity index (χ4v) is 3.45. The minimum Gasteiger partial charge on any atom is -0.444 e. The first-order valence-electron chi connectivity index (χ1n) is 9.69. The van der Waals surface area contributed by atoms with E-state index in [4.69, 9.17) is 16.3 Å². The molecule has 2 aromatic heterocycles. The maximum Gasteiger partial charge on any atom is 0.407 e. The van der Waals surface area contributed by atoms with Gasteiger partial charge in [0.25, 0.3) is 0 Å². The summed E-state index contributed by atoms with van der Waals surface area (Å²) in [5.74, 6) is 0. The molecule has 0 aliphatic carbocycles. The molecule has 7 heteroatoms. The molecule has 29 heavy (non-hydrogen) atoms. The Morgan fingerprint density at radius 1 is 1.24 bits per heavy atom. The highest BCUT2D eigenvalue weighted by Gasteiger charge is 2.27. The van der Waals surface area contributed by atoms with Crippen LogP contribution in [-0.4, -0.2) is 33.4 Å². The molecule has 6 nitrogen and oxygen atoms in total. The fraction of sp³-hybridized carbons (Fsp3) is 0.409. The van der Waals surface area contributed by atoms with Gasteiger partial charge in [-0.15, -0.1) is 0 Å². The molecule has 2 heterocycles. The highest BCUT2D eigenvalue weighted by molar-refractivity contribution is 6.35. The lowest BCUT2D eigenvalue weighted by Crippen LogP contribution is -2.41. The van der Waals surface area contributed by atoms with Gasteiger partial charge in [-0.25, -0.2) is 9.78 Å². The molecule has 0 aliphatic heterocycles. The molecule has 3 aromatic rings. The summed E-state index contributed by atoms with van der Waals surface area (Å²) in [6.07, 6.45) is 2.17. The molecule has 3 rings (SSSR count). The van der Waals surface area contributed by atoms with Crippen LogP contribution in [0.3, 0.4) is 0 Å². The Labute approximate surface area is 176 Å². The number of fused-ring (bicyclic) bond motifs is 1. The fourth-order valence-electron chi connectivity index (χ4n) is 3.23. The molecule has 0 aliphatic rings. The second kappa shape index (κ2) is 8.03. The van der Waals surface area contributed by atoms with E-state index in [9.17, 15) is 4.79 Å². The van der Waals surface area contributed by atoms with Crippen LogP contribution < -0.4 is 5.32 Å². The third-order valence-electron chi connectivity index (χ3n) is 5.08. The van der Waals surface area contributed by atoms with E-state index in [0.29, 0.717) is 17.3 Å². The Bertz CT molecular complexity index is 1030. The maximum atomic E-state index is 12.1. The average molecular weight is 415 g/mol. The summed E-state index contributed by atoms with van der Waals surface area (Å²) in [5.41, 5.74) is 2.92. The van der Waals surface area contributed by atoms with E-state index in [1.165, 1.54) is 0 Å². The Hall–Kier alpha value is -2.60. The van der Waals surface area contributed by atoms with Crippen molar-refractivity contribution in [2.24, 2.45) is 0 Å². The molecule has 0 spiro atoms. The van der Waals surface area contributed by atoms with Gasteiger partial charge in [0.2, 0.25) is 0 Å². The van der Waals surface area contributed by atoms with Crippen LogP contribution in [0.15, 0.2) is 36.5 Å². The van der Waals surface area contributed by atoms with E-state index < -0.39 is 11.7 Å². The van der Waals surface area contributed by atoms with Crippen LogP contribution in [0.25, 0.3) is 22.2 Å². The van der Waals surface area contributed by atoms with E-state index in [1.54, 1.807) is 6.20 Å². The summed E-state index contributed by atoms with van der Waals surface area (Å²) in [6.45, 7) is 10.3. The number of carbonyl (C=O) groups excluding carboxylic acids is 1. The van der Waals surface area contributed by atoms with Crippen LogP contribution >= 0.6 is 11.6 Å². The predicted molar refractivity (Wildman–Crippen MR) is 116 cm³/mol. The highest BCUT2D eigenvalue weighted by atomic mass is 35.5. The van der Waals surface area contributed by atoms with E-state index in [-0.39, 0.29) is 5.41 Å². The number of nitrogens with one attached hydrogen (secondary N) is 2. The number of ether oxygens (including phenoxy) is 1. The monoisotopic (exact) mass is 414 g/mol. The Balaban J connectivity index is 1.90. The lowest BCUT2D eigenvalue weighted by Gasteiger charge is -2.30. The van der Waals surface area contributed by atoms with Gasteiger partial charge in [-0.1, -0.05) is 49.7 Å². The van der Waals surface area contributed by atoms with Crippen molar-refractivity contribution < 1.29 is 9.53 Å². The molecule has 0 fully saturated rings. The minimum absolute atomic E-state index is 0.251. The van der Waals surface area contributed by atoms with Crippen molar-refractivity contribution in [3.8, 4) is 11.1 Å². The number of carbonyl (C=O) groups is 1. The molecule has 154 valence electrons. The molecule has 2 N–H and O–H groups in total. The van der Waals surface area contributed by atoms with Gasteiger partial charge in [0, 0.05) is 18.2 Å². The number of amides is 1. The predicted octanol–water partition coefficient (Wildman–Crippen LogP) is 5.47. The van der Waals surface area contributed by atoms with Gasteiger partial charge in [-0.3, -0.25) is 5.10 Å². The van der Waals surface area contributed by atoms with Crippen molar-refractivity contribution in [2.75, 3.05) is 6.54 Å². The van der Waals surface area contributed by atoms with E-state index in [2.05, 4.69) is 46.5 Å². The zero-order chi connectivity index (χ0) is 21.2. The van der Waals surface area contributed by atoms with Crippen molar-refractivity contribution in [2.45, 2.75) is 52.1 Å². The van der Waals surface area contributed by atoms with Crippen LogP contribution in [0.1, 0.15) is 46.6 Å². The number of hydrogen-bond donors (Lipinski definition) is 2. The van der Waals surface area contributed by atoms with Crippen LogP contribution in [0.4, 0.5) is 4.79 Å². The third kappa shape index (κ3) is 4.70. The molecule has 0 unspecified atom stereocenters. The minimum atomic E-state index is -0.525. The Morgan fingerprint density at radius 2 is 2.00 bits per heavy atom. The molecular formula is C22H27ClN4O2. The number of aromatic nitrogens is 3. The zero-order valence-electron chi connectivity index (χ0n) is 17.5. The van der Waals surface area contributed by atoms with Gasteiger partial charge in [0.05, 0.1) is 5.39 Å². The molecule has 1 aromatic carbocycles. The largest absolute Gasteiger partial charge is 0.444 e. The van der Waals surface area contributed by atoms with Gasteiger partial charge in [0.15, 0.2) is 5.65 Å². The van der Waals surface area contributed by atoms with E-state index in [0.717, 1.165) is 28.5 Å². The van der Waals surface area contributed by atoms with E-state index in [1.807, 2.05) is 39.0 Å². The number of pyridine rings is 1. The second-order valence-electron chi connectivity index (χ2n) is 8.45. The summed E-state index contributed by atoms with van der Waals surface area (Å²) in [7, 11) is 0. The number of alkyl carbamates (subject to hydrolysis) is 1. The molecule has 1 atom stereocenters. The molecule has 0 radical (unpaired) electrons. The Kier molecular flexibility index (Phi) is 5.85. The van der Waals surface area contributed by atoms with Crippen LogP contribution in [0.5, 0.6) is 0 Å². The highest BCUT2D eigenvalue weighted by Crippen LogP contribution is 2.34. The summed E-state index contributed by atoms with van der Waals surface area (Å²) in [4.78, 5) is 16.4. The maximum absolute atomic E-state index is 12.1. The van der Waals surface area contributed by atoms with Gasteiger partial charge in [0.1, 0.15) is 10.8 Å². The Morgan fingerprint density at radius 3 is 2.69 bits per heavy atom. The van der Waals surface area contributed by atoms with Crippen molar-refractivity contribution in [3.05, 3.63) is 47.2 Å². The SMILES string of the molecule is CC[C@@](C)(CNC(=O)OC(C)(C)C)c1cccc(-c2ccnc3n[nH]c(Cl)c23)c1. The second-order valence-corrected chi connectivity index (χ2v) is 8.82. The lowest BCUT2D eigenvalue weighted by atomic mass is 9.79. The standard InChI is InChI=1S/C22H27ClN4O2/c1-6-22(5,13-25-20(28)29-21(2,3)4)15-9-7-8-14(12-15)16-10-11-24-19-17(16)18(23)26-27-19/h7-12H,6,13H2,1-5H3,(H,25,28)(H,24,26,27)/t22-/m0/s1. The normalized spacial score (nSPS) is 13.9.